The third-order valence-corrected chi connectivity index (χ3v) is 4.61. The van der Waals surface area contributed by atoms with Crippen molar-refractivity contribution in [2.24, 2.45) is 0 Å². The molecule has 106 valence electrons. The molecule has 1 aromatic rings. The number of hydrogen-bond donors (Lipinski definition) is 0. The first-order valence-electron chi connectivity index (χ1n) is 7.75. The molecule has 1 saturated carbocycles. The van der Waals surface area contributed by atoms with Crippen LogP contribution in [0.15, 0.2) is 12.3 Å². The van der Waals surface area contributed by atoms with Gasteiger partial charge in [-0.25, -0.2) is 0 Å². The summed E-state index contributed by atoms with van der Waals surface area (Å²) in [6.45, 7) is 6.28. The van der Waals surface area contributed by atoms with Crippen LogP contribution in [0.25, 0.3) is 0 Å². The van der Waals surface area contributed by atoms with Gasteiger partial charge in [0.2, 0.25) is 0 Å². The molecule has 1 aliphatic heterocycles. The van der Waals surface area contributed by atoms with Crippen molar-refractivity contribution in [3.63, 3.8) is 0 Å². The minimum atomic E-state index is 0.499. The second-order valence-corrected chi connectivity index (χ2v) is 5.69. The van der Waals surface area contributed by atoms with E-state index in [-0.39, 0.29) is 0 Å². The average Bonchev–Trinajstić information content (AvgIpc) is 2.92. The predicted octanol–water partition coefficient (Wildman–Crippen LogP) is 2.09. The minimum absolute atomic E-state index is 0.499. The molecular weight excluding hydrogens is 238 g/mol. The van der Waals surface area contributed by atoms with E-state index in [0.29, 0.717) is 12.1 Å². The van der Waals surface area contributed by atoms with Gasteiger partial charge in [0.25, 0.3) is 0 Å². The lowest BCUT2D eigenvalue weighted by molar-refractivity contribution is -0.0876. The largest absolute Gasteiger partial charge is 0.375 e. The molecule has 2 atom stereocenters. The fourth-order valence-electron chi connectivity index (χ4n) is 3.57. The molecule has 2 fully saturated rings. The van der Waals surface area contributed by atoms with E-state index in [1.165, 1.54) is 31.4 Å². The van der Waals surface area contributed by atoms with Crippen LogP contribution >= 0.6 is 0 Å². The first-order chi connectivity index (χ1) is 9.38. The van der Waals surface area contributed by atoms with Crippen LogP contribution in [0.3, 0.4) is 0 Å². The zero-order valence-electron chi connectivity index (χ0n) is 11.9. The molecule has 0 spiro atoms. The second-order valence-electron chi connectivity index (χ2n) is 5.69. The highest BCUT2D eigenvalue weighted by molar-refractivity contribution is 5.01. The normalized spacial score (nSPS) is 28.3. The van der Waals surface area contributed by atoms with E-state index in [4.69, 9.17) is 4.74 Å². The van der Waals surface area contributed by atoms with Crippen LogP contribution in [0.1, 0.15) is 38.3 Å². The smallest absolute Gasteiger partial charge is 0.0730 e. The van der Waals surface area contributed by atoms with Gasteiger partial charge in [-0.05, 0) is 25.8 Å². The van der Waals surface area contributed by atoms with E-state index in [2.05, 4.69) is 27.7 Å². The third kappa shape index (κ3) is 2.84. The van der Waals surface area contributed by atoms with Crippen LogP contribution in [0.2, 0.25) is 0 Å². The second kappa shape index (κ2) is 6.06. The van der Waals surface area contributed by atoms with E-state index in [0.717, 1.165) is 32.7 Å². The van der Waals surface area contributed by atoms with Crippen molar-refractivity contribution >= 4 is 0 Å². The standard InChI is InChI=1S/C15H25N3O/c1-2-18-13(7-9-16-18)8-10-17-11-12-19-15-6-4-3-5-14(15)17/h7,9,14-15H,2-6,8,10-12H2,1H3. The molecule has 2 heterocycles. The van der Waals surface area contributed by atoms with E-state index in [1.54, 1.807) is 0 Å². The summed E-state index contributed by atoms with van der Waals surface area (Å²) < 4.78 is 8.04. The zero-order valence-corrected chi connectivity index (χ0v) is 11.9. The maximum absolute atomic E-state index is 5.93. The predicted molar refractivity (Wildman–Crippen MR) is 75.2 cm³/mol. The summed E-state index contributed by atoms with van der Waals surface area (Å²) in [7, 11) is 0. The van der Waals surface area contributed by atoms with Crippen LogP contribution in [-0.4, -0.2) is 46.5 Å². The fraction of sp³-hybridized carbons (Fsp3) is 0.800. The quantitative estimate of drug-likeness (QED) is 0.833. The summed E-state index contributed by atoms with van der Waals surface area (Å²) in [6.07, 6.45) is 8.81. The van der Waals surface area contributed by atoms with Gasteiger partial charge in [-0.2, -0.15) is 5.10 Å². The van der Waals surface area contributed by atoms with Crippen molar-refractivity contribution in [3.05, 3.63) is 18.0 Å². The number of morpholine rings is 1. The highest BCUT2D eigenvalue weighted by atomic mass is 16.5. The molecule has 1 aromatic heterocycles. The molecule has 4 heteroatoms. The molecule has 4 nitrogen and oxygen atoms in total. The molecular formula is C15H25N3O. The Labute approximate surface area is 115 Å². The van der Waals surface area contributed by atoms with Gasteiger partial charge in [-0.15, -0.1) is 0 Å². The topological polar surface area (TPSA) is 30.3 Å². The summed E-state index contributed by atoms with van der Waals surface area (Å²) in [5, 5.41) is 4.35. The first-order valence-corrected chi connectivity index (χ1v) is 7.75. The van der Waals surface area contributed by atoms with Crippen LogP contribution in [0.5, 0.6) is 0 Å². The van der Waals surface area contributed by atoms with E-state index >= 15 is 0 Å². The lowest BCUT2D eigenvalue weighted by atomic mass is 9.90. The Morgan fingerprint density at radius 1 is 1.37 bits per heavy atom. The van der Waals surface area contributed by atoms with Crippen molar-refractivity contribution in [1.29, 1.82) is 0 Å². The molecule has 0 aromatic carbocycles. The summed E-state index contributed by atoms with van der Waals surface area (Å²) in [5.41, 5.74) is 1.36. The molecule has 0 amide bonds. The SMILES string of the molecule is CCn1nccc1CCN1CCOC2CCCCC21. The van der Waals surface area contributed by atoms with Gasteiger partial charge in [-0.1, -0.05) is 12.8 Å². The summed E-state index contributed by atoms with van der Waals surface area (Å²) in [6, 6.07) is 2.82. The average molecular weight is 263 g/mol. The Kier molecular flexibility index (Phi) is 4.18. The van der Waals surface area contributed by atoms with Gasteiger partial charge in [0, 0.05) is 44.0 Å². The monoisotopic (exact) mass is 263 g/mol. The number of rotatable bonds is 4. The first kappa shape index (κ1) is 13.1. The molecule has 1 saturated heterocycles. The van der Waals surface area contributed by atoms with Gasteiger partial charge in [-0.3, -0.25) is 9.58 Å². The Hall–Kier alpha value is -0.870. The highest BCUT2D eigenvalue weighted by Gasteiger charge is 2.33. The maximum atomic E-state index is 5.93. The van der Waals surface area contributed by atoms with Crippen molar-refractivity contribution in [3.8, 4) is 0 Å². The molecule has 3 rings (SSSR count). The van der Waals surface area contributed by atoms with Gasteiger partial charge in [0.15, 0.2) is 0 Å². The van der Waals surface area contributed by atoms with E-state index in [9.17, 15) is 0 Å². The summed E-state index contributed by atoms with van der Waals surface area (Å²) in [4.78, 5) is 2.65. The zero-order chi connectivity index (χ0) is 13.1. The van der Waals surface area contributed by atoms with Crippen LogP contribution in [0.4, 0.5) is 0 Å². The van der Waals surface area contributed by atoms with Gasteiger partial charge in [0.1, 0.15) is 0 Å². The number of nitrogens with zero attached hydrogens (tertiary/aromatic N) is 3. The molecule has 19 heavy (non-hydrogen) atoms. The fourth-order valence-corrected chi connectivity index (χ4v) is 3.57. The molecule has 2 unspecified atom stereocenters. The Balaban J connectivity index is 1.59. The molecule has 2 aliphatic rings. The van der Waals surface area contributed by atoms with Crippen molar-refractivity contribution in [2.75, 3.05) is 19.7 Å². The van der Waals surface area contributed by atoms with Crippen LogP contribution < -0.4 is 0 Å². The Bertz CT molecular complexity index is 402. The molecule has 0 radical (unpaired) electrons. The minimum Gasteiger partial charge on any atom is -0.375 e. The Morgan fingerprint density at radius 2 is 2.26 bits per heavy atom. The van der Waals surface area contributed by atoms with Crippen LogP contribution in [-0.2, 0) is 17.7 Å². The number of aryl methyl sites for hydroxylation is 1. The van der Waals surface area contributed by atoms with Crippen LogP contribution in [0, 0.1) is 0 Å². The third-order valence-electron chi connectivity index (χ3n) is 4.61. The van der Waals surface area contributed by atoms with E-state index < -0.39 is 0 Å². The summed E-state index contributed by atoms with van der Waals surface area (Å²) >= 11 is 0. The van der Waals surface area contributed by atoms with Gasteiger partial charge >= 0.3 is 0 Å². The maximum Gasteiger partial charge on any atom is 0.0730 e. The van der Waals surface area contributed by atoms with Crippen molar-refractivity contribution in [2.45, 2.75) is 57.7 Å². The number of ether oxygens (including phenoxy) is 1. The van der Waals surface area contributed by atoms with Gasteiger partial charge in [0.05, 0.1) is 12.7 Å². The number of aromatic nitrogens is 2. The number of hydrogen-bond acceptors (Lipinski definition) is 3. The van der Waals surface area contributed by atoms with Crippen molar-refractivity contribution < 1.29 is 4.74 Å². The lowest BCUT2D eigenvalue weighted by Gasteiger charge is -2.43. The number of fused-ring (bicyclic) bond motifs is 1. The van der Waals surface area contributed by atoms with Gasteiger partial charge < -0.3 is 4.74 Å². The summed E-state index contributed by atoms with van der Waals surface area (Å²) in [5.74, 6) is 0. The van der Waals surface area contributed by atoms with E-state index in [1.807, 2.05) is 6.20 Å². The molecule has 0 N–H and O–H groups in total. The lowest BCUT2D eigenvalue weighted by Crippen LogP contribution is -2.53. The molecule has 1 aliphatic carbocycles. The Morgan fingerprint density at radius 3 is 3.16 bits per heavy atom. The highest BCUT2D eigenvalue weighted by Crippen LogP contribution is 2.28. The molecule has 0 bridgehead atoms. The van der Waals surface area contributed by atoms with Crippen molar-refractivity contribution in [1.82, 2.24) is 14.7 Å².